The van der Waals surface area contributed by atoms with Crippen LogP contribution in [-0.4, -0.2) is 24.0 Å². The van der Waals surface area contributed by atoms with E-state index in [1.165, 1.54) is 36.7 Å². The van der Waals surface area contributed by atoms with Crippen molar-refractivity contribution < 1.29 is 26.3 Å². The minimum Gasteiger partial charge on any atom is -0.406 e. The Bertz CT molecular complexity index is 1010. The molecule has 0 aliphatic heterocycles. The van der Waals surface area contributed by atoms with Crippen molar-refractivity contribution in [3.8, 4) is 16.9 Å². The molecule has 26 heavy (non-hydrogen) atoms. The predicted molar refractivity (Wildman–Crippen MR) is 88.1 cm³/mol. The van der Waals surface area contributed by atoms with Gasteiger partial charge in [-0.15, -0.1) is 13.2 Å². The number of benzene rings is 2. The topological polar surface area (TPSA) is 61.2 Å². The third-order valence-electron chi connectivity index (χ3n) is 3.55. The van der Waals surface area contributed by atoms with Gasteiger partial charge in [0.2, 0.25) is 0 Å². The summed E-state index contributed by atoms with van der Waals surface area (Å²) in [6.45, 7) is 1.84. The van der Waals surface area contributed by atoms with Crippen molar-refractivity contribution in [2.75, 3.05) is 0 Å². The first-order valence-electron chi connectivity index (χ1n) is 7.38. The van der Waals surface area contributed by atoms with Gasteiger partial charge in [0.25, 0.3) is 10.0 Å². The third kappa shape index (κ3) is 3.88. The van der Waals surface area contributed by atoms with Gasteiger partial charge in [-0.3, -0.25) is 0 Å². The Hall–Kier alpha value is -2.81. The first kappa shape index (κ1) is 18.0. The minimum absolute atomic E-state index is 0.0895. The first-order chi connectivity index (χ1) is 12.1. The number of halogens is 3. The molecule has 0 saturated carbocycles. The largest absolute Gasteiger partial charge is 0.573 e. The lowest BCUT2D eigenvalue weighted by molar-refractivity contribution is -0.274. The molecule has 5 nitrogen and oxygen atoms in total. The summed E-state index contributed by atoms with van der Waals surface area (Å²) in [5.41, 5.74) is 1.87. The fraction of sp³-hybridized carbons (Fsp3) is 0.118. The number of aromatic nitrogens is 2. The van der Waals surface area contributed by atoms with Crippen molar-refractivity contribution >= 4 is 10.0 Å². The third-order valence-corrected chi connectivity index (χ3v) is 5.11. The highest BCUT2D eigenvalue weighted by molar-refractivity contribution is 7.89. The van der Waals surface area contributed by atoms with Crippen LogP contribution in [0.4, 0.5) is 13.2 Å². The molecule has 136 valence electrons. The van der Waals surface area contributed by atoms with Crippen LogP contribution in [0.2, 0.25) is 0 Å². The molecular formula is C17H13F3N2O3S. The quantitative estimate of drug-likeness (QED) is 0.685. The average Bonchev–Trinajstić information content (AvgIpc) is 3.05. The summed E-state index contributed by atoms with van der Waals surface area (Å²) < 4.78 is 66.3. The highest BCUT2D eigenvalue weighted by atomic mass is 32.2. The number of rotatable bonds is 4. The Balaban J connectivity index is 1.87. The molecular weight excluding hydrogens is 369 g/mol. The Morgan fingerprint density at radius 3 is 2.15 bits per heavy atom. The minimum atomic E-state index is -4.77. The molecule has 3 aromatic rings. The lowest BCUT2D eigenvalue weighted by Crippen LogP contribution is -2.16. The lowest BCUT2D eigenvalue weighted by atomic mass is 10.1. The molecule has 2 aromatic carbocycles. The monoisotopic (exact) mass is 382 g/mol. The molecule has 0 fully saturated rings. The molecule has 1 aromatic heterocycles. The zero-order chi connectivity index (χ0) is 18.9. The van der Waals surface area contributed by atoms with Crippen LogP contribution in [0.15, 0.2) is 65.8 Å². The standard InChI is InChI=1S/C17H13F3N2O3S/c1-12-2-8-16(9-3-12)26(23,24)22-11-14(10-21-22)13-4-6-15(7-5-13)25-17(18,19)20/h2-11H,1H3. The molecule has 0 atom stereocenters. The smallest absolute Gasteiger partial charge is 0.406 e. The predicted octanol–water partition coefficient (Wildman–Crippen LogP) is 3.99. The van der Waals surface area contributed by atoms with Gasteiger partial charge in [-0.05, 0) is 36.8 Å². The van der Waals surface area contributed by atoms with Gasteiger partial charge in [-0.2, -0.15) is 17.6 Å². The van der Waals surface area contributed by atoms with Crippen molar-refractivity contribution in [2.24, 2.45) is 0 Å². The van der Waals surface area contributed by atoms with Gasteiger partial charge in [0.1, 0.15) is 5.75 Å². The summed E-state index contributed by atoms with van der Waals surface area (Å²) in [4.78, 5) is 0.0895. The Labute approximate surface area is 147 Å². The van der Waals surface area contributed by atoms with Crippen LogP contribution in [0.5, 0.6) is 5.75 Å². The summed E-state index contributed by atoms with van der Waals surface area (Å²) in [5, 5.41) is 3.86. The molecule has 0 radical (unpaired) electrons. The van der Waals surface area contributed by atoms with Crippen LogP contribution >= 0.6 is 0 Å². The highest BCUT2D eigenvalue weighted by Crippen LogP contribution is 2.27. The summed E-state index contributed by atoms with van der Waals surface area (Å²) in [7, 11) is -3.84. The molecule has 0 saturated heterocycles. The van der Waals surface area contributed by atoms with E-state index < -0.39 is 16.4 Å². The van der Waals surface area contributed by atoms with E-state index in [1.54, 1.807) is 12.1 Å². The van der Waals surface area contributed by atoms with Gasteiger partial charge >= 0.3 is 6.36 Å². The number of aryl methyl sites for hydroxylation is 1. The molecule has 0 amide bonds. The van der Waals surface area contributed by atoms with Gasteiger partial charge in [0.15, 0.2) is 0 Å². The lowest BCUT2D eigenvalue weighted by Gasteiger charge is -2.08. The Kier molecular flexibility index (Phi) is 4.49. The molecule has 0 aliphatic carbocycles. The Morgan fingerprint density at radius 1 is 0.962 bits per heavy atom. The highest BCUT2D eigenvalue weighted by Gasteiger charge is 2.31. The van der Waals surface area contributed by atoms with Crippen molar-refractivity contribution in [3.63, 3.8) is 0 Å². The van der Waals surface area contributed by atoms with Crippen molar-refractivity contribution in [2.45, 2.75) is 18.2 Å². The molecule has 3 rings (SSSR count). The number of alkyl halides is 3. The molecule has 1 heterocycles. The van der Waals surface area contributed by atoms with E-state index in [2.05, 4.69) is 9.84 Å². The van der Waals surface area contributed by atoms with E-state index in [1.807, 2.05) is 6.92 Å². The number of hydrogen-bond acceptors (Lipinski definition) is 4. The van der Waals surface area contributed by atoms with Gasteiger partial charge < -0.3 is 4.74 Å². The molecule has 0 N–H and O–H groups in total. The van der Waals surface area contributed by atoms with Crippen LogP contribution in [-0.2, 0) is 10.0 Å². The summed E-state index contributed by atoms with van der Waals surface area (Å²) in [6.07, 6.45) is -2.14. The molecule has 0 bridgehead atoms. The maximum atomic E-state index is 12.6. The van der Waals surface area contributed by atoms with Crippen molar-refractivity contribution in [1.82, 2.24) is 9.19 Å². The normalized spacial score (nSPS) is 12.2. The van der Waals surface area contributed by atoms with Gasteiger partial charge in [0, 0.05) is 5.56 Å². The van der Waals surface area contributed by atoms with Crippen LogP contribution in [0.3, 0.4) is 0 Å². The number of nitrogens with zero attached hydrogens (tertiary/aromatic N) is 2. The maximum Gasteiger partial charge on any atom is 0.573 e. The average molecular weight is 382 g/mol. The fourth-order valence-electron chi connectivity index (χ4n) is 2.25. The van der Waals surface area contributed by atoms with Crippen LogP contribution in [0.1, 0.15) is 5.56 Å². The van der Waals surface area contributed by atoms with Crippen LogP contribution in [0.25, 0.3) is 11.1 Å². The molecule has 0 aliphatic rings. The van der Waals surface area contributed by atoms with Gasteiger partial charge in [-0.1, -0.05) is 29.8 Å². The van der Waals surface area contributed by atoms with E-state index in [0.29, 0.717) is 11.1 Å². The fourth-order valence-corrected chi connectivity index (χ4v) is 3.37. The zero-order valence-electron chi connectivity index (χ0n) is 13.4. The van der Waals surface area contributed by atoms with E-state index in [4.69, 9.17) is 0 Å². The van der Waals surface area contributed by atoms with Crippen molar-refractivity contribution in [3.05, 3.63) is 66.5 Å². The molecule has 0 unspecified atom stereocenters. The van der Waals surface area contributed by atoms with Crippen LogP contribution < -0.4 is 4.74 Å². The number of hydrogen-bond donors (Lipinski definition) is 0. The maximum absolute atomic E-state index is 12.6. The second-order valence-electron chi connectivity index (χ2n) is 5.49. The summed E-state index contributed by atoms with van der Waals surface area (Å²) >= 11 is 0. The second kappa shape index (κ2) is 6.49. The Morgan fingerprint density at radius 2 is 1.58 bits per heavy atom. The van der Waals surface area contributed by atoms with E-state index in [-0.39, 0.29) is 10.6 Å². The molecule has 9 heteroatoms. The number of ether oxygens (including phenoxy) is 1. The molecule has 0 spiro atoms. The SMILES string of the molecule is Cc1ccc(S(=O)(=O)n2cc(-c3ccc(OC(F)(F)F)cc3)cn2)cc1. The van der Waals surface area contributed by atoms with E-state index >= 15 is 0 Å². The van der Waals surface area contributed by atoms with E-state index in [9.17, 15) is 21.6 Å². The summed E-state index contributed by atoms with van der Waals surface area (Å²) in [6, 6.07) is 11.4. The van der Waals surface area contributed by atoms with Gasteiger partial charge in [-0.25, -0.2) is 0 Å². The van der Waals surface area contributed by atoms with Crippen LogP contribution in [0, 0.1) is 6.92 Å². The van der Waals surface area contributed by atoms with Gasteiger partial charge in [0.05, 0.1) is 17.3 Å². The zero-order valence-corrected chi connectivity index (χ0v) is 14.3. The van der Waals surface area contributed by atoms with E-state index in [0.717, 1.165) is 21.8 Å². The summed E-state index contributed by atoms with van der Waals surface area (Å²) in [5.74, 6) is -0.360. The first-order valence-corrected chi connectivity index (χ1v) is 8.82. The van der Waals surface area contributed by atoms with Crippen molar-refractivity contribution in [1.29, 1.82) is 0 Å². The second-order valence-corrected chi connectivity index (χ2v) is 7.29.